The fraction of sp³-hybridized carbons (Fsp3) is 0.562. The Kier molecular flexibility index (Phi) is 8.15. The van der Waals surface area contributed by atoms with Crippen molar-refractivity contribution in [3.05, 3.63) is 24.3 Å². The van der Waals surface area contributed by atoms with Gasteiger partial charge in [-0.3, -0.25) is 4.79 Å². The molecule has 0 bridgehead atoms. The fourth-order valence-electron chi connectivity index (χ4n) is 2.65. The minimum atomic E-state index is -3.47. The van der Waals surface area contributed by atoms with E-state index >= 15 is 0 Å². The first-order chi connectivity index (χ1) is 10.9. The summed E-state index contributed by atoms with van der Waals surface area (Å²) in [7, 11) is -3.47. The molecule has 136 valence electrons. The normalized spacial score (nSPS) is 20.9. The zero-order valence-electron chi connectivity index (χ0n) is 14.0. The lowest BCUT2D eigenvalue weighted by Gasteiger charge is -2.27. The highest BCUT2D eigenvalue weighted by molar-refractivity contribution is 7.89. The molecule has 1 heterocycles. The molecule has 0 aromatic heterocycles. The van der Waals surface area contributed by atoms with Gasteiger partial charge in [-0.05, 0) is 57.0 Å². The molecular formula is C16H26ClN3O3S. The first-order valence-corrected chi connectivity index (χ1v) is 9.54. The van der Waals surface area contributed by atoms with Gasteiger partial charge in [0.05, 0.1) is 4.90 Å². The molecule has 1 amide bonds. The summed E-state index contributed by atoms with van der Waals surface area (Å²) in [6.45, 7) is 5.24. The zero-order chi connectivity index (χ0) is 16.9. The van der Waals surface area contributed by atoms with E-state index in [2.05, 4.69) is 22.3 Å². The maximum Gasteiger partial charge on any atom is 0.240 e. The third-order valence-electron chi connectivity index (χ3n) is 3.97. The standard InChI is InChI=1S/C16H25N3O3S.ClH/c1-3-9-18-23(21,22)15-6-4-14(5-7-15)19-16(20)13-8-10-17-12(2)11-13;/h4-7,12-13,17-18H,3,8-11H2,1-2H3,(H,19,20);1H/t12-,13-;/m0./s1. The average Bonchev–Trinajstić information content (AvgIpc) is 2.53. The number of carbonyl (C=O) groups is 1. The first kappa shape index (κ1) is 20.9. The SMILES string of the molecule is CCCNS(=O)(=O)c1ccc(NC(=O)[C@H]2CCN[C@@H](C)C2)cc1.Cl. The van der Waals surface area contributed by atoms with E-state index in [9.17, 15) is 13.2 Å². The first-order valence-electron chi connectivity index (χ1n) is 8.06. The molecule has 0 saturated carbocycles. The van der Waals surface area contributed by atoms with Gasteiger partial charge in [0.25, 0.3) is 0 Å². The highest BCUT2D eigenvalue weighted by atomic mass is 35.5. The van der Waals surface area contributed by atoms with Gasteiger partial charge in [-0.1, -0.05) is 6.92 Å². The summed E-state index contributed by atoms with van der Waals surface area (Å²) in [4.78, 5) is 12.5. The molecule has 2 rings (SSSR count). The number of hydrogen-bond donors (Lipinski definition) is 3. The molecule has 0 spiro atoms. The number of hydrogen-bond acceptors (Lipinski definition) is 4. The summed E-state index contributed by atoms with van der Waals surface area (Å²) in [6, 6.07) is 6.63. The van der Waals surface area contributed by atoms with Crippen molar-refractivity contribution in [3.63, 3.8) is 0 Å². The molecule has 3 N–H and O–H groups in total. The summed E-state index contributed by atoms with van der Waals surface area (Å²) in [6.07, 6.45) is 2.38. The van der Waals surface area contributed by atoms with Gasteiger partial charge in [0.2, 0.25) is 15.9 Å². The van der Waals surface area contributed by atoms with Crippen LogP contribution in [0.1, 0.15) is 33.1 Å². The molecule has 8 heteroatoms. The number of piperidine rings is 1. The van der Waals surface area contributed by atoms with Crippen LogP contribution in [0.2, 0.25) is 0 Å². The van der Waals surface area contributed by atoms with Crippen molar-refractivity contribution >= 4 is 34.0 Å². The Hall–Kier alpha value is -1.15. The molecule has 6 nitrogen and oxygen atoms in total. The largest absolute Gasteiger partial charge is 0.326 e. The summed E-state index contributed by atoms with van der Waals surface area (Å²) >= 11 is 0. The summed E-state index contributed by atoms with van der Waals surface area (Å²) < 4.78 is 26.5. The fourth-order valence-corrected chi connectivity index (χ4v) is 3.79. The molecule has 0 radical (unpaired) electrons. The Morgan fingerprint density at radius 2 is 1.96 bits per heavy atom. The van der Waals surface area contributed by atoms with Gasteiger partial charge in [-0.2, -0.15) is 0 Å². The van der Waals surface area contributed by atoms with Crippen molar-refractivity contribution in [1.82, 2.24) is 10.0 Å². The van der Waals surface area contributed by atoms with E-state index in [0.717, 1.165) is 25.8 Å². The summed E-state index contributed by atoms with van der Waals surface area (Å²) in [5, 5.41) is 6.19. The quantitative estimate of drug-likeness (QED) is 0.710. The van der Waals surface area contributed by atoms with E-state index in [1.54, 1.807) is 12.1 Å². The summed E-state index contributed by atoms with van der Waals surface area (Å²) in [5.74, 6) is -0.000977. The molecule has 1 aliphatic rings. The van der Waals surface area contributed by atoms with Crippen LogP contribution in [0.5, 0.6) is 0 Å². The van der Waals surface area contributed by atoms with Crippen molar-refractivity contribution in [3.8, 4) is 0 Å². The van der Waals surface area contributed by atoms with Gasteiger partial charge in [-0.25, -0.2) is 13.1 Å². The van der Waals surface area contributed by atoms with Crippen molar-refractivity contribution in [2.45, 2.75) is 44.0 Å². The minimum Gasteiger partial charge on any atom is -0.326 e. The third-order valence-corrected chi connectivity index (χ3v) is 5.45. The monoisotopic (exact) mass is 375 g/mol. The van der Waals surface area contributed by atoms with Gasteiger partial charge in [0, 0.05) is 24.2 Å². The Balaban J connectivity index is 0.00000288. The number of carbonyl (C=O) groups excluding carboxylic acids is 1. The van der Waals surface area contributed by atoms with E-state index in [-0.39, 0.29) is 29.1 Å². The van der Waals surface area contributed by atoms with Gasteiger partial charge in [0.15, 0.2) is 0 Å². The van der Waals surface area contributed by atoms with Crippen LogP contribution < -0.4 is 15.4 Å². The lowest BCUT2D eigenvalue weighted by molar-refractivity contribution is -0.120. The Labute approximate surface area is 150 Å². The number of nitrogens with one attached hydrogen (secondary N) is 3. The smallest absolute Gasteiger partial charge is 0.240 e. The Morgan fingerprint density at radius 3 is 2.54 bits per heavy atom. The number of rotatable bonds is 6. The summed E-state index contributed by atoms with van der Waals surface area (Å²) in [5.41, 5.74) is 0.621. The van der Waals surface area contributed by atoms with Crippen LogP contribution in [0.15, 0.2) is 29.2 Å². The maximum absolute atomic E-state index is 12.3. The predicted molar refractivity (Wildman–Crippen MR) is 98.0 cm³/mol. The molecule has 24 heavy (non-hydrogen) atoms. The molecule has 1 fully saturated rings. The van der Waals surface area contributed by atoms with Crippen LogP contribution in [-0.2, 0) is 14.8 Å². The van der Waals surface area contributed by atoms with Gasteiger partial charge < -0.3 is 10.6 Å². The molecule has 1 aromatic carbocycles. The average molecular weight is 376 g/mol. The van der Waals surface area contributed by atoms with Crippen LogP contribution in [0.25, 0.3) is 0 Å². The second-order valence-corrected chi connectivity index (χ2v) is 7.75. The maximum atomic E-state index is 12.3. The van der Waals surface area contributed by atoms with E-state index < -0.39 is 10.0 Å². The third kappa shape index (κ3) is 5.73. The number of anilines is 1. The van der Waals surface area contributed by atoms with Gasteiger partial charge >= 0.3 is 0 Å². The second kappa shape index (κ2) is 9.36. The van der Waals surface area contributed by atoms with E-state index in [4.69, 9.17) is 0 Å². The molecule has 1 saturated heterocycles. The Morgan fingerprint density at radius 1 is 1.29 bits per heavy atom. The molecule has 1 aromatic rings. The van der Waals surface area contributed by atoms with Gasteiger partial charge in [0.1, 0.15) is 0 Å². The lowest BCUT2D eigenvalue weighted by Crippen LogP contribution is -2.40. The van der Waals surface area contributed by atoms with Crippen LogP contribution in [-0.4, -0.2) is 33.5 Å². The van der Waals surface area contributed by atoms with Crippen LogP contribution in [0.3, 0.4) is 0 Å². The number of amides is 1. The molecule has 0 unspecified atom stereocenters. The van der Waals surface area contributed by atoms with Crippen molar-refractivity contribution in [1.29, 1.82) is 0 Å². The highest BCUT2D eigenvalue weighted by Crippen LogP contribution is 2.19. The van der Waals surface area contributed by atoms with Crippen molar-refractivity contribution < 1.29 is 13.2 Å². The molecule has 0 aliphatic carbocycles. The van der Waals surface area contributed by atoms with E-state index in [0.29, 0.717) is 18.3 Å². The van der Waals surface area contributed by atoms with E-state index in [1.165, 1.54) is 12.1 Å². The van der Waals surface area contributed by atoms with E-state index in [1.807, 2.05) is 6.92 Å². The van der Waals surface area contributed by atoms with Crippen LogP contribution in [0, 0.1) is 5.92 Å². The lowest BCUT2D eigenvalue weighted by atomic mass is 9.92. The molecule has 2 atom stereocenters. The Bertz CT molecular complexity index is 634. The second-order valence-electron chi connectivity index (χ2n) is 5.99. The van der Waals surface area contributed by atoms with Crippen LogP contribution >= 0.6 is 12.4 Å². The predicted octanol–water partition coefficient (Wildman–Crippen LogP) is 2.12. The molecule has 1 aliphatic heterocycles. The number of halogens is 1. The highest BCUT2D eigenvalue weighted by Gasteiger charge is 2.24. The van der Waals surface area contributed by atoms with Gasteiger partial charge in [-0.15, -0.1) is 12.4 Å². The number of benzene rings is 1. The van der Waals surface area contributed by atoms with Crippen LogP contribution in [0.4, 0.5) is 5.69 Å². The number of sulfonamides is 1. The topological polar surface area (TPSA) is 87.3 Å². The minimum absolute atomic E-state index is 0. The van der Waals surface area contributed by atoms with Crippen molar-refractivity contribution in [2.75, 3.05) is 18.4 Å². The molecular weight excluding hydrogens is 350 g/mol. The zero-order valence-corrected chi connectivity index (χ0v) is 15.7. The van der Waals surface area contributed by atoms with Crippen molar-refractivity contribution in [2.24, 2.45) is 5.92 Å².